The fourth-order valence-corrected chi connectivity index (χ4v) is 3.90. The summed E-state index contributed by atoms with van der Waals surface area (Å²) >= 11 is 0. The van der Waals surface area contributed by atoms with Gasteiger partial charge in [0.1, 0.15) is 5.82 Å². The molecule has 1 saturated heterocycles. The molecule has 2 fully saturated rings. The van der Waals surface area contributed by atoms with Crippen LogP contribution in [0.25, 0.3) is 0 Å². The van der Waals surface area contributed by atoms with Gasteiger partial charge in [-0.2, -0.15) is 0 Å². The Labute approximate surface area is 149 Å². The highest BCUT2D eigenvalue weighted by molar-refractivity contribution is 5.74. The molecule has 0 aromatic heterocycles. The lowest BCUT2D eigenvalue weighted by Crippen LogP contribution is -2.46. The third-order valence-corrected chi connectivity index (χ3v) is 5.29. The molecule has 5 heteroatoms. The van der Waals surface area contributed by atoms with Crippen molar-refractivity contribution in [1.82, 2.24) is 10.6 Å². The van der Waals surface area contributed by atoms with Crippen LogP contribution < -0.4 is 10.6 Å². The van der Waals surface area contributed by atoms with Crippen LogP contribution in [-0.2, 0) is 4.74 Å². The smallest absolute Gasteiger partial charge is 0.315 e. The number of urea groups is 1. The largest absolute Gasteiger partial charge is 0.376 e. The highest BCUT2D eigenvalue weighted by Crippen LogP contribution is 2.27. The summed E-state index contributed by atoms with van der Waals surface area (Å²) in [6.07, 6.45) is 10.1. The van der Waals surface area contributed by atoms with Gasteiger partial charge in [-0.3, -0.25) is 0 Å². The Kier molecular flexibility index (Phi) is 6.68. The van der Waals surface area contributed by atoms with Crippen LogP contribution in [0.4, 0.5) is 9.18 Å². The Morgan fingerprint density at radius 1 is 1.00 bits per heavy atom. The first-order chi connectivity index (χ1) is 12.2. The van der Waals surface area contributed by atoms with Crippen molar-refractivity contribution in [3.63, 3.8) is 0 Å². The predicted molar refractivity (Wildman–Crippen MR) is 95.9 cm³/mol. The average molecular weight is 348 g/mol. The van der Waals surface area contributed by atoms with Gasteiger partial charge in [-0.25, -0.2) is 9.18 Å². The highest BCUT2D eigenvalue weighted by atomic mass is 19.1. The first kappa shape index (κ1) is 18.2. The number of benzene rings is 1. The zero-order chi connectivity index (χ0) is 17.5. The molecular formula is C20H29FN2O2. The number of carbonyl (C=O) groups is 1. The van der Waals surface area contributed by atoms with Crippen molar-refractivity contribution in [1.29, 1.82) is 0 Å². The van der Waals surface area contributed by atoms with Gasteiger partial charge in [0, 0.05) is 12.6 Å². The minimum atomic E-state index is -0.270. The van der Waals surface area contributed by atoms with Gasteiger partial charge in [0.15, 0.2) is 0 Å². The van der Waals surface area contributed by atoms with E-state index in [1.54, 1.807) is 12.1 Å². The van der Waals surface area contributed by atoms with Gasteiger partial charge in [0.2, 0.25) is 0 Å². The van der Waals surface area contributed by atoms with Gasteiger partial charge in [0.05, 0.1) is 12.1 Å². The van der Waals surface area contributed by atoms with E-state index in [1.165, 1.54) is 44.2 Å². The molecule has 2 unspecified atom stereocenters. The van der Waals surface area contributed by atoms with Crippen molar-refractivity contribution in [2.45, 2.75) is 76.0 Å². The number of hydrogen-bond donors (Lipinski definition) is 2. The lowest BCUT2D eigenvalue weighted by atomic mass is 9.96. The highest BCUT2D eigenvalue weighted by Gasteiger charge is 2.29. The van der Waals surface area contributed by atoms with Crippen molar-refractivity contribution in [2.24, 2.45) is 0 Å². The molecule has 1 aliphatic heterocycles. The van der Waals surface area contributed by atoms with Crippen LogP contribution in [0.5, 0.6) is 0 Å². The van der Waals surface area contributed by atoms with Gasteiger partial charge in [-0.05, 0) is 43.4 Å². The second kappa shape index (κ2) is 9.18. The van der Waals surface area contributed by atoms with E-state index in [2.05, 4.69) is 10.6 Å². The molecule has 1 aromatic carbocycles. The van der Waals surface area contributed by atoms with E-state index < -0.39 is 0 Å². The molecule has 3 rings (SSSR count). The average Bonchev–Trinajstić information content (AvgIpc) is 3.10. The van der Waals surface area contributed by atoms with Gasteiger partial charge < -0.3 is 15.4 Å². The molecule has 2 N–H and O–H groups in total. The van der Waals surface area contributed by atoms with E-state index in [9.17, 15) is 9.18 Å². The monoisotopic (exact) mass is 348 g/mol. The molecule has 0 bridgehead atoms. The maximum absolute atomic E-state index is 13.2. The number of ether oxygens (including phenoxy) is 1. The van der Waals surface area contributed by atoms with Gasteiger partial charge in [0.25, 0.3) is 0 Å². The number of rotatable bonds is 4. The van der Waals surface area contributed by atoms with Crippen molar-refractivity contribution < 1.29 is 13.9 Å². The van der Waals surface area contributed by atoms with Crippen LogP contribution >= 0.6 is 0 Å². The Hall–Kier alpha value is -1.62. The molecule has 2 atom stereocenters. The fraction of sp³-hybridized carbons (Fsp3) is 0.650. The Morgan fingerprint density at radius 2 is 1.68 bits per heavy atom. The predicted octanol–water partition coefficient (Wildman–Crippen LogP) is 4.46. The van der Waals surface area contributed by atoms with E-state index in [0.29, 0.717) is 6.61 Å². The van der Waals surface area contributed by atoms with Crippen LogP contribution in [0.2, 0.25) is 0 Å². The minimum Gasteiger partial charge on any atom is -0.376 e. The second-order valence-electron chi connectivity index (χ2n) is 7.24. The molecular weight excluding hydrogens is 319 g/mol. The Bertz CT molecular complexity index is 535. The molecule has 138 valence electrons. The molecule has 0 radical (unpaired) electrons. The van der Waals surface area contributed by atoms with Crippen LogP contribution in [0.3, 0.4) is 0 Å². The summed E-state index contributed by atoms with van der Waals surface area (Å²) in [4.78, 5) is 12.6. The molecule has 25 heavy (non-hydrogen) atoms. The van der Waals surface area contributed by atoms with E-state index in [1.807, 2.05) is 0 Å². The summed E-state index contributed by atoms with van der Waals surface area (Å²) < 4.78 is 19.0. The Balaban J connectivity index is 1.62. The lowest BCUT2D eigenvalue weighted by Gasteiger charge is -2.27. The van der Waals surface area contributed by atoms with Crippen LogP contribution in [-0.4, -0.2) is 24.8 Å². The van der Waals surface area contributed by atoms with Gasteiger partial charge >= 0.3 is 6.03 Å². The third kappa shape index (κ3) is 5.43. The van der Waals surface area contributed by atoms with Crippen molar-refractivity contribution in [2.75, 3.05) is 6.61 Å². The SMILES string of the molecule is O=C(NC1CCCCCCC1)NC(c1ccc(F)cc1)C1CCCO1. The standard InChI is InChI=1S/C20H29FN2O2/c21-16-12-10-15(11-13-16)19(18-9-6-14-25-18)23-20(24)22-17-7-4-2-1-3-5-8-17/h10-13,17-19H,1-9,14H2,(H2,22,23,24). The number of hydrogen-bond acceptors (Lipinski definition) is 2. The van der Waals surface area contributed by atoms with E-state index in [4.69, 9.17) is 4.74 Å². The summed E-state index contributed by atoms with van der Waals surface area (Å²) in [6, 6.07) is 6.21. The number of carbonyl (C=O) groups excluding carboxylic acids is 1. The summed E-state index contributed by atoms with van der Waals surface area (Å²) in [5, 5.41) is 6.22. The fourth-order valence-electron chi connectivity index (χ4n) is 3.90. The zero-order valence-electron chi connectivity index (χ0n) is 14.8. The normalized spacial score (nSPS) is 23.5. The molecule has 1 heterocycles. The van der Waals surface area contributed by atoms with E-state index in [-0.39, 0.29) is 30.0 Å². The van der Waals surface area contributed by atoms with Crippen LogP contribution in [0, 0.1) is 5.82 Å². The molecule has 2 aliphatic rings. The number of halogens is 1. The van der Waals surface area contributed by atoms with Crippen molar-refractivity contribution in [3.05, 3.63) is 35.6 Å². The van der Waals surface area contributed by atoms with Crippen LogP contribution in [0.15, 0.2) is 24.3 Å². The first-order valence-corrected chi connectivity index (χ1v) is 9.66. The van der Waals surface area contributed by atoms with Crippen molar-refractivity contribution in [3.8, 4) is 0 Å². The lowest BCUT2D eigenvalue weighted by molar-refractivity contribution is 0.0804. The number of amides is 2. The second-order valence-corrected chi connectivity index (χ2v) is 7.24. The van der Waals surface area contributed by atoms with E-state index >= 15 is 0 Å². The van der Waals surface area contributed by atoms with Crippen LogP contribution in [0.1, 0.15) is 69.4 Å². The summed E-state index contributed by atoms with van der Waals surface area (Å²) in [5.41, 5.74) is 0.890. The topological polar surface area (TPSA) is 50.4 Å². The maximum atomic E-state index is 13.2. The molecule has 1 aromatic rings. The van der Waals surface area contributed by atoms with E-state index in [0.717, 1.165) is 31.2 Å². The summed E-state index contributed by atoms with van der Waals surface area (Å²) in [5.74, 6) is -0.270. The molecule has 2 amide bonds. The minimum absolute atomic E-state index is 0.0476. The van der Waals surface area contributed by atoms with Crippen molar-refractivity contribution >= 4 is 6.03 Å². The molecule has 1 aliphatic carbocycles. The molecule has 4 nitrogen and oxygen atoms in total. The number of nitrogens with one attached hydrogen (secondary N) is 2. The summed E-state index contributed by atoms with van der Waals surface area (Å²) in [7, 11) is 0. The zero-order valence-corrected chi connectivity index (χ0v) is 14.8. The third-order valence-electron chi connectivity index (χ3n) is 5.29. The first-order valence-electron chi connectivity index (χ1n) is 9.66. The summed E-state index contributed by atoms with van der Waals surface area (Å²) in [6.45, 7) is 0.717. The quantitative estimate of drug-likeness (QED) is 0.844. The van der Waals surface area contributed by atoms with Gasteiger partial charge in [-0.1, -0.05) is 44.2 Å². The van der Waals surface area contributed by atoms with Gasteiger partial charge in [-0.15, -0.1) is 0 Å². The maximum Gasteiger partial charge on any atom is 0.315 e. The molecule has 1 saturated carbocycles. The molecule has 0 spiro atoms. The Morgan fingerprint density at radius 3 is 2.32 bits per heavy atom.